The number of piperazine rings is 1. The third kappa shape index (κ3) is 13.8. The monoisotopic (exact) mass is 985 g/mol. The normalized spacial score (nSPS) is 23.1. The molecule has 378 valence electrons. The molecule has 27 heteroatoms. The van der Waals surface area contributed by atoms with Crippen molar-refractivity contribution in [2.45, 2.75) is 88.2 Å². The number of carbonyl (C=O) groups is 2. The molecule has 3 saturated heterocycles. The van der Waals surface area contributed by atoms with Crippen LogP contribution in [0.1, 0.15) is 53.4 Å². The van der Waals surface area contributed by atoms with Crippen LogP contribution < -0.4 is 30.9 Å². The molecule has 2 amide bonds. The molecular weight excluding hydrogens is 908 g/mol. The zero-order valence-electron chi connectivity index (χ0n) is 41.4. The molecule has 4 N–H and O–H groups in total. The number of ether oxygens (including phenoxy) is 5. The summed E-state index contributed by atoms with van der Waals surface area (Å²) < 4.78 is 75.6. The molecule has 23 nitrogen and oxygen atoms in total. The second-order valence-electron chi connectivity index (χ2n) is 17.3. The zero-order chi connectivity index (χ0) is 49.6. The van der Waals surface area contributed by atoms with Crippen LogP contribution in [-0.4, -0.2) is 237 Å². The van der Waals surface area contributed by atoms with Gasteiger partial charge in [-0.05, 0) is 53.9 Å². The van der Waals surface area contributed by atoms with Gasteiger partial charge in [0.25, 0.3) is 15.0 Å². The largest absolute Gasteiger partial charge is 0.461 e. The summed E-state index contributed by atoms with van der Waals surface area (Å²) in [6, 6.07) is -1.18. The van der Waals surface area contributed by atoms with Gasteiger partial charge in [0.1, 0.15) is 32.9 Å². The first kappa shape index (κ1) is 56.9. The van der Waals surface area contributed by atoms with E-state index in [1.54, 1.807) is 44.6 Å². The van der Waals surface area contributed by atoms with E-state index in [-0.39, 0.29) is 64.2 Å². The van der Waals surface area contributed by atoms with E-state index in [1.165, 1.54) is 12.0 Å². The highest BCUT2D eigenvalue weighted by Crippen LogP contribution is 2.66. The highest BCUT2D eigenvalue weighted by molar-refractivity contribution is 7.58. The molecule has 0 spiro atoms. The lowest BCUT2D eigenvalue weighted by Crippen LogP contribution is -2.60. The number of hydrogen-bond donors (Lipinski definition) is 3. The summed E-state index contributed by atoms with van der Waals surface area (Å²) in [6.45, 7) is 12.4. The third-order valence-electron chi connectivity index (χ3n) is 12.7. The minimum absolute atomic E-state index is 0.0257. The fourth-order valence-electron chi connectivity index (χ4n) is 9.20. The topological polar surface area (TPSA) is 241 Å². The molecule has 4 radical (unpaired) electrons. The Kier molecular flexibility index (Phi) is 22.1. The highest BCUT2D eigenvalue weighted by Gasteiger charge is 2.56. The van der Waals surface area contributed by atoms with Crippen LogP contribution in [0.3, 0.4) is 0 Å². The van der Waals surface area contributed by atoms with Crippen molar-refractivity contribution in [1.82, 2.24) is 44.7 Å². The van der Waals surface area contributed by atoms with Gasteiger partial charge in [-0.15, -0.1) is 0 Å². The molecule has 3 aliphatic rings. The molecule has 67 heavy (non-hydrogen) atoms. The fraction of sp³-hybridized carbons (Fsp3) is 0.875. The van der Waals surface area contributed by atoms with Crippen LogP contribution in [-0.2, 0) is 41.9 Å². The van der Waals surface area contributed by atoms with Gasteiger partial charge in [-0.1, -0.05) is 27.7 Å². The molecule has 4 rings (SSSR count). The Morgan fingerprint density at radius 3 is 1.94 bits per heavy atom. The Bertz CT molecular complexity index is 1820. The molecule has 6 atom stereocenters. The van der Waals surface area contributed by atoms with E-state index >= 15 is 9.13 Å². The quantitative estimate of drug-likeness (QED) is 0.0631. The number of alkyl carbamates (subject to hydrolysis) is 1. The van der Waals surface area contributed by atoms with Crippen LogP contribution in [0.4, 0.5) is 16.7 Å². The van der Waals surface area contributed by atoms with Gasteiger partial charge in [0, 0.05) is 78.0 Å². The van der Waals surface area contributed by atoms with Gasteiger partial charge in [0.15, 0.2) is 0 Å². The molecule has 0 aromatic carbocycles. The SMILES string of the molecule is [B]C1CNCC(COP(=O)(N(C)C)C(CC)(CC)N2CC([B])OC(COP(=O)(N(C)C)C(CC)(CC)N3CCN(c4nc(OCCOCCNC(=O)OC)nc(N(C)CC(N)=O)n4)CC3)C2)O1. The molecule has 4 heterocycles. The summed E-state index contributed by atoms with van der Waals surface area (Å²) in [4.78, 5) is 44.7. The fourth-order valence-corrected chi connectivity index (χ4v) is 15.0. The number of anilines is 2. The summed E-state index contributed by atoms with van der Waals surface area (Å²) in [7, 11) is 15.4. The van der Waals surface area contributed by atoms with Crippen LogP contribution in [0.25, 0.3) is 0 Å². The average Bonchev–Trinajstić information content (AvgIpc) is 3.30. The van der Waals surface area contributed by atoms with E-state index in [0.29, 0.717) is 84.0 Å². The number of rotatable bonds is 27. The first-order chi connectivity index (χ1) is 31.8. The van der Waals surface area contributed by atoms with Crippen molar-refractivity contribution < 1.29 is 51.5 Å². The first-order valence-corrected chi connectivity index (χ1v) is 26.3. The summed E-state index contributed by atoms with van der Waals surface area (Å²) in [5, 5.41) is 3.94. The summed E-state index contributed by atoms with van der Waals surface area (Å²) in [6.07, 6.45) is 0.516. The van der Waals surface area contributed by atoms with Crippen molar-refractivity contribution in [1.29, 1.82) is 0 Å². The lowest BCUT2D eigenvalue weighted by molar-refractivity contribution is -0.116. The number of morpholine rings is 2. The minimum Gasteiger partial charge on any atom is -0.461 e. The second kappa shape index (κ2) is 26.0. The highest BCUT2D eigenvalue weighted by atomic mass is 31.2. The van der Waals surface area contributed by atoms with Crippen LogP contribution in [0.2, 0.25) is 0 Å². The van der Waals surface area contributed by atoms with E-state index in [1.807, 2.05) is 32.6 Å². The third-order valence-corrected chi connectivity index (χ3v) is 19.8. The van der Waals surface area contributed by atoms with E-state index in [9.17, 15) is 9.59 Å². The molecular formula is C40H76B2N12O11P2. The van der Waals surface area contributed by atoms with Crippen LogP contribution in [0.15, 0.2) is 0 Å². The number of nitrogens with one attached hydrogen (secondary N) is 2. The maximum absolute atomic E-state index is 15.7. The molecule has 6 unspecified atom stereocenters. The number of likely N-dealkylation sites (N-methyl/N-ethyl adjacent to an activating group) is 1. The van der Waals surface area contributed by atoms with Crippen LogP contribution in [0, 0.1) is 0 Å². The molecule has 3 fully saturated rings. The Labute approximate surface area is 400 Å². The Hall–Kier alpha value is -2.66. The molecule has 0 aliphatic carbocycles. The van der Waals surface area contributed by atoms with Crippen molar-refractivity contribution in [2.75, 3.05) is 151 Å². The first-order valence-electron chi connectivity index (χ1n) is 23.2. The molecule has 0 bridgehead atoms. The second-order valence-corrected chi connectivity index (χ2v) is 23.1. The van der Waals surface area contributed by atoms with Gasteiger partial charge in [-0.3, -0.25) is 23.7 Å². The van der Waals surface area contributed by atoms with E-state index in [2.05, 4.69) is 40.1 Å². The number of amides is 2. The number of methoxy groups -OCH3 is 1. The zero-order valence-corrected chi connectivity index (χ0v) is 43.2. The smallest absolute Gasteiger partial charge is 0.406 e. The number of aromatic nitrogens is 3. The minimum atomic E-state index is -3.67. The van der Waals surface area contributed by atoms with Crippen molar-refractivity contribution in [3.8, 4) is 6.01 Å². The predicted molar refractivity (Wildman–Crippen MR) is 257 cm³/mol. The van der Waals surface area contributed by atoms with Gasteiger partial charge in [0.2, 0.25) is 17.8 Å². The summed E-state index contributed by atoms with van der Waals surface area (Å²) >= 11 is 0. The maximum Gasteiger partial charge on any atom is 0.406 e. The van der Waals surface area contributed by atoms with Crippen molar-refractivity contribution in [3.05, 3.63) is 0 Å². The number of carbonyl (C=O) groups excluding carboxylic acids is 2. The number of primary amides is 1. The van der Waals surface area contributed by atoms with Crippen LogP contribution in [0.5, 0.6) is 6.01 Å². The van der Waals surface area contributed by atoms with E-state index < -0.39 is 55.7 Å². The maximum atomic E-state index is 15.7. The van der Waals surface area contributed by atoms with Gasteiger partial charge in [0.05, 0.1) is 52.3 Å². The molecule has 1 aromatic rings. The summed E-state index contributed by atoms with van der Waals surface area (Å²) in [5.41, 5.74) is 5.49. The Morgan fingerprint density at radius 2 is 1.39 bits per heavy atom. The number of nitrogens with zero attached hydrogens (tertiary/aromatic N) is 9. The Balaban J connectivity index is 1.50. The van der Waals surface area contributed by atoms with Crippen LogP contribution >= 0.6 is 15.0 Å². The van der Waals surface area contributed by atoms with E-state index in [4.69, 9.17) is 49.4 Å². The average molecular weight is 985 g/mol. The van der Waals surface area contributed by atoms with Gasteiger partial charge in [-0.25, -0.2) is 14.1 Å². The summed E-state index contributed by atoms with van der Waals surface area (Å²) in [5.74, 6) is -0.0328. The van der Waals surface area contributed by atoms with Gasteiger partial charge >= 0.3 is 12.1 Å². The Morgan fingerprint density at radius 1 is 0.806 bits per heavy atom. The molecule has 0 saturated carbocycles. The van der Waals surface area contributed by atoms with Gasteiger partial charge < -0.3 is 58.9 Å². The standard InChI is InChI=1S/C40H76B2N12O11P2/c1-11-39(12-2,53-18-16-52(17-19-53)36-46-35(51(9)27-34(43)55)47-37(48-36)61-22-21-60-20-15-45-38(56)59-10)66(57,49(5)6)63-29-31-25-54(26-33(42)65-31)40(13-3,14-4)67(58,50(7)8)62-28-30-23-44-24-32(41)64-30/h30-33,44H,11-29H2,1-10H3,(H2,43,55)(H,45,56). The predicted octanol–water partition coefficient (Wildman–Crippen LogP) is 0.920. The van der Waals surface area contributed by atoms with Gasteiger partial charge in [-0.2, -0.15) is 15.0 Å². The van der Waals surface area contributed by atoms with Crippen molar-refractivity contribution >= 4 is 54.6 Å². The van der Waals surface area contributed by atoms with E-state index in [0.717, 1.165) is 0 Å². The number of hydrogen-bond acceptors (Lipinski definition) is 19. The lowest BCUT2D eigenvalue weighted by atomic mass is 9.95. The van der Waals surface area contributed by atoms with Crippen molar-refractivity contribution in [2.24, 2.45) is 5.73 Å². The molecule has 3 aliphatic heterocycles. The van der Waals surface area contributed by atoms with Crippen molar-refractivity contribution in [3.63, 3.8) is 0 Å². The molecule has 1 aromatic heterocycles. The number of nitrogens with two attached hydrogens (primary N) is 1. The lowest BCUT2D eigenvalue weighted by Gasteiger charge is -2.53.